The van der Waals surface area contributed by atoms with E-state index in [0.717, 1.165) is 17.0 Å². The van der Waals surface area contributed by atoms with Crippen molar-refractivity contribution in [2.75, 3.05) is 12.4 Å². The standard InChI is InChI=1S/C16H16ClNO2/c1-20-15-9-2-12(3-10-15)4-11-16(19)18-14-7-5-13(17)6-8-14/h2-3,5-10H,4,11H2,1H3,(H,18,19). The normalized spacial score (nSPS) is 10.1. The van der Waals surface area contributed by atoms with Crippen LogP contribution in [0.3, 0.4) is 0 Å². The van der Waals surface area contributed by atoms with E-state index in [2.05, 4.69) is 5.32 Å². The predicted molar refractivity (Wildman–Crippen MR) is 81.4 cm³/mol. The van der Waals surface area contributed by atoms with Gasteiger partial charge in [-0.15, -0.1) is 0 Å². The Hall–Kier alpha value is -2.00. The van der Waals surface area contributed by atoms with Gasteiger partial charge in [0.1, 0.15) is 5.75 Å². The Labute approximate surface area is 123 Å². The van der Waals surface area contributed by atoms with Gasteiger partial charge in [0.25, 0.3) is 0 Å². The number of ether oxygens (including phenoxy) is 1. The molecule has 0 aliphatic carbocycles. The number of nitrogens with one attached hydrogen (secondary N) is 1. The number of hydrogen-bond acceptors (Lipinski definition) is 2. The van der Waals surface area contributed by atoms with Gasteiger partial charge >= 0.3 is 0 Å². The van der Waals surface area contributed by atoms with E-state index in [1.165, 1.54) is 0 Å². The average Bonchev–Trinajstić information content (AvgIpc) is 2.48. The lowest BCUT2D eigenvalue weighted by Gasteiger charge is -2.06. The van der Waals surface area contributed by atoms with E-state index in [0.29, 0.717) is 17.9 Å². The van der Waals surface area contributed by atoms with Crippen molar-refractivity contribution in [1.82, 2.24) is 0 Å². The lowest BCUT2D eigenvalue weighted by Crippen LogP contribution is -2.12. The summed E-state index contributed by atoms with van der Waals surface area (Å²) >= 11 is 5.79. The molecule has 0 aliphatic heterocycles. The fourth-order valence-electron chi connectivity index (χ4n) is 1.81. The summed E-state index contributed by atoms with van der Waals surface area (Å²) in [7, 11) is 1.63. The van der Waals surface area contributed by atoms with Crippen LogP contribution < -0.4 is 10.1 Å². The van der Waals surface area contributed by atoms with Gasteiger partial charge < -0.3 is 10.1 Å². The van der Waals surface area contributed by atoms with Crippen molar-refractivity contribution in [3.8, 4) is 5.75 Å². The van der Waals surface area contributed by atoms with Crippen molar-refractivity contribution in [3.63, 3.8) is 0 Å². The van der Waals surface area contributed by atoms with Crippen LogP contribution in [0.15, 0.2) is 48.5 Å². The molecule has 20 heavy (non-hydrogen) atoms. The second-order valence-corrected chi connectivity index (χ2v) is 4.84. The lowest BCUT2D eigenvalue weighted by atomic mass is 10.1. The topological polar surface area (TPSA) is 38.3 Å². The van der Waals surface area contributed by atoms with Gasteiger partial charge in [0.05, 0.1) is 7.11 Å². The van der Waals surface area contributed by atoms with Crippen molar-refractivity contribution in [2.45, 2.75) is 12.8 Å². The lowest BCUT2D eigenvalue weighted by molar-refractivity contribution is -0.116. The monoisotopic (exact) mass is 289 g/mol. The highest BCUT2D eigenvalue weighted by atomic mass is 35.5. The van der Waals surface area contributed by atoms with E-state index >= 15 is 0 Å². The third kappa shape index (κ3) is 4.28. The van der Waals surface area contributed by atoms with Crippen LogP contribution in [0.5, 0.6) is 5.75 Å². The Kier molecular flexibility index (Phi) is 5.02. The first kappa shape index (κ1) is 14.4. The Morgan fingerprint density at radius 3 is 2.35 bits per heavy atom. The molecule has 1 amide bonds. The largest absolute Gasteiger partial charge is 0.497 e. The SMILES string of the molecule is COc1ccc(CCC(=O)Nc2ccc(Cl)cc2)cc1. The van der Waals surface area contributed by atoms with Gasteiger partial charge in [-0.25, -0.2) is 0 Å². The minimum atomic E-state index is -0.0110. The second-order valence-electron chi connectivity index (χ2n) is 4.40. The molecule has 0 bridgehead atoms. The van der Waals surface area contributed by atoms with E-state index in [1.807, 2.05) is 24.3 Å². The highest BCUT2D eigenvalue weighted by Gasteiger charge is 2.03. The highest BCUT2D eigenvalue weighted by Crippen LogP contribution is 2.15. The van der Waals surface area contributed by atoms with Crippen LogP contribution in [-0.2, 0) is 11.2 Å². The number of rotatable bonds is 5. The summed E-state index contributed by atoms with van der Waals surface area (Å²) in [4.78, 5) is 11.8. The summed E-state index contributed by atoms with van der Waals surface area (Å²) < 4.78 is 5.09. The zero-order valence-corrected chi connectivity index (χ0v) is 12.0. The summed E-state index contributed by atoms with van der Waals surface area (Å²) in [5, 5.41) is 3.49. The zero-order valence-electron chi connectivity index (χ0n) is 11.2. The minimum Gasteiger partial charge on any atom is -0.497 e. The number of benzene rings is 2. The molecule has 0 saturated carbocycles. The van der Waals surface area contributed by atoms with Crippen LogP contribution in [0, 0.1) is 0 Å². The van der Waals surface area contributed by atoms with Crippen molar-refractivity contribution >= 4 is 23.2 Å². The van der Waals surface area contributed by atoms with Gasteiger partial charge in [-0.2, -0.15) is 0 Å². The van der Waals surface area contributed by atoms with E-state index in [4.69, 9.17) is 16.3 Å². The molecule has 0 heterocycles. The van der Waals surface area contributed by atoms with Crippen LogP contribution in [0.4, 0.5) is 5.69 Å². The number of anilines is 1. The minimum absolute atomic E-state index is 0.0110. The smallest absolute Gasteiger partial charge is 0.224 e. The molecule has 4 heteroatoms. The Balaban J connectivity index is 1.83. The van der Waals surface area contributed by atoms with Crippen molar-refractivity contribution in [3.05, 3.63) is 59.1 Å². The number of carbonyl (C=O) groups is 1. The molecule has 0 unspecified atom stereocenters. The molecule has 0 atom stereocenters. The van der Waals surface area contributed by atoms with Crippen molar-refractivity contribution < 1.29 is 9.53 Å². The van der Waals surface area contributed by atoms with Crippen molar-refractivity contribution in [1.29, 1.82) is 0 Å². The molecule has 3 nitrogen and oxygen atoms in total. The van der Waals surface area contributed by atoms with Crippen LogP contribution in [0.2, 0.25) is 5.02 Å². The summed E-state index contributed by atoms with van der Waals surface area (Å²) in [5.74, 6) is 0.808. The number of halogens is 1. The van der Waals surface area contributed by atoms with Gasteiger partial charge in [0.2, 0.25) is 5.91 Å². The molecule has 104 valence electrons. The molecule has 0 saturated heterocycles. The first-order valence-corrected chi connectivity index (χ1v) is 6.73. The second kappa shape index (κ2) is 6.96. The molecule has 0 fully saturated rings. The number of methoxy groups -OCH3 is 1. The maximum Gasteiger partial charge on any atom is 0.224 e. The van der Waals surface area contributed by atoms with Gasteiger partial charge in [-0.05, 0) is 48.4 Å². The van der Waals surface area contributed by atoms with E-state index in [-0.39, 0.29) is 5.91 Å². The first-order valence-electron chi connectivity index (χ1n) is 6.36. The van der Waals surface area contributed by atoms with Crippen molar-refractivity contribution in [2.24, 2.45) is 0 Å². The third-order valence-electron chi connectivity index (χ3n) is 2.93. The van der Waals surface area contributed by atoms with E-state index < -0.39 is 0 Å². The predicted octanol–water partition coefficient (Wildman–Crippen LogP) is 3.92. The van der Waals surface area contributed by atoms with Crippen LogP contribution in [-0.4, -0.2) is 13.0 Å². The quantitative estimate of drug-likeness (QED) is 0.906. The highest BCUT2D eigenvalue weighted by molar-refractivity contribution is 6.30. The summed E-state index contributed by atoms with van der Waals surface area (Å²) in [5.41, 5.74) is 1.87. The van der Waals surface area contributed by atoms with E-state index in [9.17, 15) is 4.79 Å². The number of amides is 1. The number of hydrogen-bond donors (Lipinski definition) is 1. The first-order chi connectivity index (χ1) is 9.67. The fourth-order valence-corrected chi connectivity index (χ4v) is 1.93. The van der Waals surface area contributed by atoms with E-state index in [1.54, 1.807) is 31.4 Å². The molecule has 2 aromatic carbocycles. The molecule has 0 spiro atoms. The van der Waals surface area contributed by atoms with Crippen LogP contribution in [0.25, 0.3) is 0 Å². The summed E-state index contributed by atoms with van der Waals surface area (Å²) in [6.45, 7) is 0. The molecule has 0 aromatic heterocycles. The Morgan fingerprint density at radius 1 is 1.10 bits per heavy atom. The molecule has 0 aliphatic rings. The molecule has 2 rings (SSSR count). The maximum atomic E-state index is 11.8. The summed E-state index contributed by atoms with van der Waals surface area (Å²) in [6.07, 6.45) is 1.14. The molecular weight excluding hydrogens is 274 g/mol. The number of aryl methyl sites for hydroxylation is 1. The van der Waals surface area contributed by atoms with Gasteiger partial charge in [-0.1, -0.05) is 23.7 Å². The fraction of sp³-hybridized carbons (Fsp3) is 0.188. The molecule has 1 N–H and O–H groups in total. The van der Waals surface area contributed by atoms with Gasteiger partial charge in [0.15, 0.2) is 0 Å². The number of carbonyl (C=O) groups excluding carboxylic acids is 1. The Morgan fingerprint density at radius 2 is 1.75 bits per heavy atom. The summed E-state index contributed by atoms with van der Waals surface area (Å²) in [6, 6.07) is 14.8. The molecular formula is C16H16ClNO2. The van der Waals surface area contributed by atoms with Gasteiger partial charge in [0, 0.05) is 17.1 Å². The molecule has 0 radical (unpaired) electrons. The zero-order chi connectivity index (χ0) is 14.4. The Bertz CT molecular complexity index is 564. The maximum absolute atomic E-state index is 11.8. The van der Waals surface area contributed by atoms with Gasteiger partial charge in [-0.3, -0.25) is 4.79 Å². The van der Waals surface area contributed by atoms with Crippen LogP contribution in [0.1, 0.15) is 12.0 Å². The van der Waals surface area contributed by atoms with Crippen LogP contribution >= 0.6 is 11.6 Å². The average molecular weight is 290 g/mol. The molecule has 2 aromatic rings. The third-order valence-corrected chi connectivity index (χ3v) is 3.18.